The molecule has 0 aliphatic rings. The Hall–Kier alpha value is -3.43. The first kappa shape index (κ1) is 23.2. The molecule has 3 aromatic rings. The zero-order chi connectivity index (χ0) is 23.7. The van der Waals surface area contributed by atoms with Crippen molar-refractivity contribution in [1.82, 2.24) is 4.57 Å². The van der Waals surface area contributed by atoms with Gasteiger partial charge in [-0.2, -0.15) is 17.6 Å². The molecule has 4 nitrogen and oxygen atoms in total. The predicted octanol–water partition coefficient (Wildman–Crippen LogP) is 5.90. The van der Waals surface area contributed by atoms with Gasteiger partial charge in [-0.1, -0.05) is 0 Å². The summed E-state index contributed by atoms with van der Waals surface area (Å²) in [4.78, 5) is 12.9. The summed E-state index contributed by atoms with van der Waals surface area (Å²) in [6, 6.07) is 7.21. The monoisotopic (exact) mass is 457 g/mol. The fourth-order valence-corrected chi connectivity index (χ4v) is 3.29. The molecule has 170 valence electrons. The highest BCUT2D eigenvalue weighted by atomic mass is 19.3. The van der Waals surface area contributed by atoms with Gasteiger partial charge in [0.05, 0.1) is 0 Å². The molecule has 1 heterocycles. The van der Waals surface area contributed by atoms with Gasteiger partial charge in [-0.25, -0.2) is 8.78 Å². The van der Waals surface area contributed by atoms with Crippen molar-refractivity contribution in [2.75, 3.05) is 0 Å². The number of benzene rings is 2. The number of halogens is 6. The van der Waals surface area contributed by atoms with Crippen molar-refractivity contribution < 1.29 is 40.6 Å². The van der Waals surface area contributed by atoms with Crippen molar-refractivity contribution in [3.63, 3.8) is 0 Å². The lowest BCUT2D eigenvalue weighted by atomic mass is 10.1. The molecular formula is C22H17F6NO3. The SMILES string of the molecule is Cc1cc(C(=O)C(C)Oc2c(F)c(F)cc(F)c2F)c(C)n1-c1ccc(OC(F)F)cc1. The third kappa shape index (κ3) is 4.44. The summed E-state index contributed by atoms with van der Waals surface area (Å²) < 4.78 is 90.1. The van der Waals surface area contributed by atoms with E-state index in [1.54, 1.807) is 18.4 Å². The van der Waals surface area contributed by atoms with Crippen LogP contribution >= 0.6 is 0 Å². The van der Waals surface area contributed by atoms with Gasteiger partial charge in [0.25, 0.3) is 0 Å². The molecule has 1 atom stereocenters. The Morgan fingerprint density at radius 2 is 1.47 bits per heavy atom. The van der Waals surface area contributed by atoms with Crippen molar-refractivity contribution in [1.29, 1.82) is 0 Å². The van der Waals surface area contributed by atoms with E-state index in [9.17, 15) is 31.1 Å². The summed E-state index contributed by atoms with van der Waals surface area (Å²) in [5, 5.41) is 0. The molecule has 0 spiro atoms. The molecule has 0 amide bonds. The van der Waals surface area contributed by atoms with Crippen LogP contribution in [0, 0.1) is 37.1 Å². The third-order valence-electron chi connectivity index (χ3n) is 4.75. The summed E-state index contributed by atoms with van der Waals surface area (Å²) in [7, 11) is 0. The van der Waals surface area contributed by atoms with Crippen LogP contribution in [-0.2, 0) is 0 Å². The van der Waals surface area contributed by atoms with Crippen molar-refractivity contribution in [3.05, 3.63) is 76.6 Å². The predicted molar refractivity (Wildman–Crippen MR) is 103 cm³/mol. The van der Waals surface area contributed by atoms with Crippen molar-refractivity contribution in [2.45, 2.75) is 33.5 Å². The number of aryl methyl sites for hydroxylation is 1. The number of Topliss-reactive ketones (excluding diaryl/α,β-unsaturated/α-hetero) is 1. The Labute approximate surface area is 179 Å². The van der Waals surface area contributed by atoms with Crippen molar-refractivity contribution in [2.24, 2.45) is 0 Å². The minimum absolute atomic E-state index is 0.0370. The lowest BCUT2D eigenvalue weighted by Gasteiger charge is -2.16. The minimum atomic E-state index is -2.97. The van der Waals surface area contributed by atoms with E-state index in [1.807, 2.05) is 0 Å². The second kappa shape index (κ2) is 8.97. The number of aromatic nitrogens is 1. The Morgan fingerprint density at radius 1 is 0.906 bits per heavy atom. The van der Waals surface area contributed by atoms with Crippen LogP contribution in [0.2, 0.25) is 0 Å². The Bertz CT molecular complexity index is 1130. The average molecular weight is 457 g/mol. The third-order valence-corrected chi connectivity index (χ3v) is 4.75. The highest BCUT2D eigenvalue weighted by Crippen LogP contribution is 2.29. The largest absolute Gasteiger partial charge is 0.476 e. The van der Waals surface area contributed by atoms with Crippen LogP contribution in [0.4, 0.5) is 26.3 Å². The van der Waals surface area contributed by atoms with E-state index >= 15 is 0 Å². The number of ketones is 1. The van der Waals surface area contributed by atoms with Gasteiger partial charge in [0.15, 0.2) is 23.5 Å². The lowest BCUT2D eigenvalue weighted by molar-refractivity contribution is -0.0498. The van der Waals surface area contributed by atoms with Crippen LogP contribution in [0.1, 0.15) is 28.7 Å². The maximum Gasteiger partial charge on any atom is 0.387 e. The van der Waals surface area contributed by atoms with E-state index in [0.717, 1.165) is 0 Å². The molecule has 0 N–H and O–H groups in total. The topological polar surface area (TPSA) is 40.5 Å². The van der Waals surface area contributed by atoms with E-state index in [2.05, 4.69) is 4.74 Å². The van der Waals surface area contributed by atoms with Gasteiger partial charge in [-0.3, -0.25) is 4.79 Å². The van der Waals surface area contributed by atoms with Crippen LogP contribution in [0.25, 0.3) is 5.69 Å². The maximum atomic E-state index is 13.9. The van der Waals surface area contributed by atoms with E-state index in [0.29, 0.717) is 17.1 Å². The zero-order valence-electron chi connectivity index (χ0n) is 17.1. The Balaban J connectivity index is 1.89. The molecule has 0 saturated heterocycles. The van der Waals surface area contributed by atoms with Crippen LogP contribution < -0.4 is 9.47 Å². The standard InChI is InChI=1S/C22H17F6NO3/c1-10-8-15(11(2)29(10)13-4-6-14(7-5-13)32-22(27)28)20(30)12(3)31-21-18(25)16(23)9-17(24)19(21)26/h4-9,12,22H,1-3H3. The van der Waals surface area contributed by atoms with Gasteiger partial charge in [0.2, 0.25) is 17.4 Å². The van der Waals surface area contributed by atoms with E-state index in [-0.39, 0.29) is 17.4 Å². The highest BCUT2D eigenvalue weighted by Gasteiger charge is 2.27. The van der Waals surface area contributed by atoms with E-state index in [1.165, 1.54) is 37.3 Å². The normalized spacial score (nSPS) is 12.2. The number of hydrogen-bond acceptors (Lipinski definition) is 3. The number of nitrogens with zero attached hydrogens (tertiary/aromatic N) is 1. The smallest absolute Gasteiger partial charge is 0.387 e. The molecule has 1 unspecified atom stereocenters. The molecule has 0 radical (unpaired) electrons. The quantitative estimate of drug-likeness (QED) is 0.252. The fourth-order valence-electron chi connectivity index (χ4n) is 3.29. The number of rotatable bonds is 7. The minimum Gasteiger partial charge on any atom is -0.476 e. The molecule has 2 aromatic carbocycles. The number of carbonyl (C=O) groups excluding carboxylic acids is 1. The van der Waals surface area contributed by atoms with Crippen LogP contribution in [0.15, 0.2) is 36.4 Å². The van der Waals surface area contributed by atoms with Crippen LogP contribution in [-0.4, -0.2) is 23.1 Å². The first-order chi connectivity index (χ1) is 15.0. The molecular weight excluding hydrogens is 440 g/mol. The average Bonchev–Trinajstić information content (AvgIpc) is 3.03. The maximum absolute atomic E-state index is 13.9. The first-order valence-corrected chi connectivity index (χ1v) is 9.29. The summed E-state index contributed by atoms with van der Waals surface area (Å²) in [5.74, 6) is -8.87. The van der Waals surface area contributed by atoms with Crippen molar-refractivity contribution in [3.8, 4) is 17.2 Å². The molecule has 0 fully saturated rings. The molecule has 0 bridgehead atoms. The summed E-state index contributed by atoms with van der Waals surface area (Å²) in [6.07, 6.45) is -1.48. The molecule has 0 aliphatic heterocycles. The van der Waals surface area contributed by atoms with Gasteiger partial charge >= 0.3 is 6.61 Å². The fraction of sp³-hybridized carbons (Fsp3) is 0.227. The number of alkyl halides is 2. The lowest BCUT2D eigenvalue weighted by Crippen LogP contribution is -2.25. The molecule has 3 rings (SSSR count). The number of carbonyl (C=O) groups is 1. The summed E-state index contributed by atoms with van der Waals surface area (Å²) >= 11 is 0. The number of ether oxygens (including phenoxy) is 2. The van der Waals surface area contributed by atoms with Gasteiger partial charge in [-0.05, 0) is 51.1 Å². The van der Waals surface area contributed by atoms with Crippen molar-refractivity contribution >= 4 is 5.78 Å². The Morgan fingerprint density at radius 3 is 2.00 bits per heavy atom. The van der Waals surface area contributed by atoms with Crippen LogP contribution in [0.3, 0.4) is 0 Å². The molecule has 32 heavy (non-hydrogen) atoms. The molecule has 10 heteroatoms. The number of hydrogen-bond donors (Lipinski definition) is 0. The van der Waals surface area contributed by atoms with E-state index in [4.69, 9.17) is 4.74 Å². The summed E-state index contributed by atoms with van der Waals surface area (Å²) in [5.41, 5.74) is 1.70. The summed E-state index contributed by atoms with van der Waals surface area (Å²) in [6.45, 7) is 1.50. The van der Waals surface area contributed by atoms with Crippen LogP contribution in [0.5, 0.6) is 11.5 Å². The highest BCUT2D eigenvalue weighted by molar-refractivity contribution is 6.01. The van der Waals surface area contributed by atoms with Gasteiger partial charge in [0, 0.05) is 28.7 Å². The van der Waals surface area contributed by atoms with E-state index < -0.39 is 47.5 Å². The molecule has 1 aromatic heterocycles. The zero-order valence-corrected chi connectivity index (χ0v) is 17.1. The Kier molecular flexibility index (Phi) is 6.52. The van der Waals surface area contributed by atoms with Gasteiger partial charge in [0.1, 0.15) is 5.75 Å². The molecule has 0 aliphatic carbocycles. The first-order valence-electron chi connectivity index (χ1n) is 9.29. The van der Waals surface area contributed by atoms with Gasteiger partial charge in [-0.15, -0.1) is 0 Å². The second-order valence-electron chi connectivity index (χ2n) is 6.91. The second-order valence-corrected chi connectivity index (χ2v) is 6.91. The molecule has 0 saturated carbocycles. The van der Waals surface area contributed by atoms with Gasteiger partial charge < -0.3 is 14.0 Å².